The molecule has 0 aromatic heterocycles. The minimum atomic E-state index is -0.691. The van der Waals surface area contributed by atoms with E-state index in [9.17, 15) is 9.90 Å². The summed E-state index contributed by atoms with van der Waals surface area (Å²) in [6, 6.07) is 8.01. The van der Waals surface area contributed by atoms with Crippen LogP contribution >= 0.6 is 0 Å². The fraction of sp³-hybridized carbons (Fsp3) is 0.562. The molecule has 0 saturated heterocycles. The predicted octanol–water partition coefficient (Wildman–Crippen LogP) is 2.86. The van der Waals surface area contributed by atoms with Crippen LogP contribution in [-0.4, -0.2) is 29.1 Å². The maximum absolute atomic E-state index is 11.5. The molecule has 19 heavy (non-hydrogen) atoms. The molecular weight excluding hydrogens is 238 g/mol. The average Bonchev–Trinajstić information content (AvgIpc) is 2.90. The molecule has 1 heterocycles. The van der Waals surface area contributed by atoms with Gasteiger partial charge in [0.25, 0.3) is 0 Å². The molecule has 0 spiro atoms. The smallest absolute Gasteiger partial charge is 0.312 e. The molecular formula is C16H21NO2. The molecule has 3 rings (SSSR count). The first-order chi connectivity index (χ1) is 9.24. The summed E-state index contributed by atoms with van der Waals surface area (Å²) in [5, 5.41) is 9.44. The summed E-state index contributed by atoms with van der Waals surface area (Å²) >= 11 is 0. The van der Waals surface area contributed by atoms with Gasteiger partial charge in [-0.2, -0.15) is 0 Å². The first kappa shape index (κ1) is 12.7. The standard InChI is InChI=1S/C16H21NO2/c18-16(19)15-11-17(9-12-5-1-2-6-12)10-13-7-3-4-8-14(13)15/h3-4,7-8,12,15H,1-2,5-6,9-11H2,(H,18,19). The van der Waals surface area contributed by atoms with Crippen molar-refractivity contribution >= 4 is 5.97 Å². The Labute approximate surface area is 114 Å². The van der Waals surface area contributed by atoms with Crippen molar-refractivity contribution in [3.63, 3.8) is 0 Å². The Morgan fingerprint density at radius 3 is 2.74 bits per heavy atom. The van der Waals surface area contributed by atoms with Gasteiger partial charge in [0.2, 0.25) is 0 Å². The quantitative estimate of drug-likeness (QED) is 0.907. The highest BCUT2D eigenvalue weighted by Crippen LogP contribution is 2.31. The third-order valence-corrected chi connectivity index (χ3v) is 4.55. The van der Waals surface area contributed by atoms with Gasteiger partial charge in [-0.25, -0.2) is 0 Å². The summed E-state index contributed by atoms with van der Waals surface area (Å²) in [7, 11) is 0. The lowest BCUT2D eigenvalue weighted by Gasteiger charge is -2.34. The Morgan fingerprint density at radius 1 is 1.26 bits per heavy atom. The molecule has 1 saturated carbocycles. The van der Waals surface area contributed by atoms with Crippen LogP contribution in [0.4, 0.5) is 0 Å². The van der Waals surface area contributed by atoms with Crippen LogP contribution in [0.2, 0.25) is 0 Å². The fourth-order valence-corrected chi connectivity index (χ4v) is 3.59. The molecule has 2 aliphatic rings. The number of rotatable bonds is 3. The molecule has 1 N–H and O–H groups in total. The average molecular weight is 259 g/mol. The highest BCUT2D eigenvalue weighted by molar-refractivity contribution is 5.77. The molecule has 0 amide bonds. The number of hydrogen-bond acceptors (Lipinski definition) is 2. The van der Waals surface area contributed by atoms with Crippen LogP contribution in [0, 0.1) is 5.92 Å². The Balaban J connectivity index is 1.78. The first-order valence-corrected chi connectivity index (χ1v) is 7.27. The van der Waals surface area contributed by atoms with E-state index < -0.39 is 5.97 Å². The second kappa shape index (κ2) is 5.33. The van der Waals surface area contributed by atoms with Crippen molar-refractivity contribution in [2.45, 2.75) is 38.1 Å². The minimum Gasteiger partial charge on any atom is -0.481 e. The van der Waals surface area contributed by atoms with Crippen LogP contribution in [-0.2, 0) is 11.3 Å². The highest BCUT2D eigenvalue weighted by Gasteiger charge is 2.31. The van der Waals surface area contributed by atoms with Gasteiger partial charge < -0.3 is 5.11 Å². The van der Waals surface area contributed by atoms with Crippen LogP contribution in [0.3, 0.4) is 0 Å². The number of aliphatic carboxylic acids is 1. The van der Waals surface area contributed by atoms with Gasteiger partial charge in [0.05, 0.1) is 5.92 Å². The van der Waals surface area contributed by atoms with Gasteiger partial charge in [0.1, 0.15) is 0 Å². The van der Waals surface area contributed by atoms with Crippen molar-refractivity contribution in [2.24, 2.45) is 5.92 Å². The Kier molecular flexibility index (Phi) is 3.56. The van der Waals surface area contributed by atoms with Crippen molar-refractivity contribution in [1.29, 1.82) is 0 Å². The van der Waals surface area contributed by atoms with Crippen molar-refractivity contribution < 1.29 is 9.90 Å². The summed E-state index contributed by atoms with van der Waals surface area (Å²) in [4.78, 5) is 13.8. The first-order valence-electron chi connectivity index (χ1n) is 7.27. The maximum atomic E-state index is 11.5. The summed E-state index contributed by atoms with van der Waals surface area (Å²) in [5.41, 5.74) is 2.21. The molecule has 102 valence electrons. The predicted molar refractivity (Wildman–Crippen MR) is 74.1 cm³/mol. The van der Waals surface area contributed by atoms with Gasteiger partial charge in [0, 0.05) is 19.6 Å². The van der Waals surface area contributed by atoms with Gasteiger partial charge in [-0.1, -0.05) is 37.1 Å². The van der Waals surface area contributed by atoms with Crippen molar-refractivity contribution in [1.82, 2.24) is 4.90 Å². The molecule has 0 radical (unpaired) electrons. The van der Waals surface area contributed by atoms with E-state index >= 15 is 0 Å². The number of carboxylic acids is 1. The van der Waals surface area contributed by atoms with E-state index in [-0.39, 0.29) is 5.92 Å². The monoisotopic (exact) mass is 259 g/mol. The minimum absolute atomic E-state index is 0.355. The van der Waals surface area contributed by atoms with Crippen molar-refractivity contribution in [2.75, 3.05) is 13.1 Å². The lowest BCUT2D eigenvalue weighted by atomic mass is 9.89. The van der Waals surface area contributed by atoms with Crippen LogP contribution < -0.4 is 0 Å². The normalized spacial score (nSPS) is 24.3. The number of carboxylic acid groups (broad SMARTS) is 1. The zero-order valence-corrected chi connectivity index (χ0v) is 11.2. The zero-order chi connectivity index (χ0) is 13.2. The summed E-state index contributed by atoms with van der Waals surface area (Å²) in [5.74, 6) is -0.269. The van der Waals surface area contributed by atoms with Crippen molar-refractivity contribution in [3.8, 4) is 0 Å². The molecule has 1 atom stereocenters. The highest BCUT2D eigenvalue weighted by atomic mass is 16.4. The lowest BCUT2D eigenvalue weighted by molar-refractivity contribution is -0.139. The fourth-order valence-electron chi connectivity index (χ4n) is 3.59. The molecule has 1 aliphatic carbocycles. The molecule has 0 bridgehead atoms. The third kappa shape index (κ3) is 2.66. The Bertz CT molecular complexity index is 466. The number of carbonyl (C=O) groups is 1. The molecule has 1 aliphatic heterocycles. The number of hydrogen-bond donors (Lipinski definition) is 1. The van der Waals surface area contributed by atoms with Gasteiger partial charge >= 0.3 is 5.97 Å². The van der Waals surface area contributed by atoms with E-state index in [1.165, 1.54) is 31.2 Å². The summed E-state index contributed by atoms with van der Waals surface area (Å²) in [6.45, 7) is 2.65. The van der Waals surface area contributed by atoms with Crippen LogP contribution in [0.15, 0.2) is 24.3 Å². The molecule has 3 nitrogen and oxygen atoms in total. The van der Waals surface area contributed by atoms with E-state index in [1.54, 1.807) is 0 Å². The largest absolute Gasteiger partial charge is 0.481 e. The van der Waals surface area contributed by atoms with Crippen LogP contribution in [0.1, 0.15) is 42.7 Å². The van der Waals surface area contributed by atoms with Gasteiger partial charge in [-0.05, 0) is 29.9 Å². The van der Waals surface area contributed by atoms with Crippen LogP contribution in [0.25, 0.3) is 0 Å². The van der Waals surface area contributed by atoms with Gasteiger partial charge in [0.15, 0.2) is 0 Å². The van der Waals surface area contributed by atoms with E-state index in [2.05, 4.69) is 11.0 Å². The van der Waals surface area contributed by atoms with Crippen LogP contribution in [0.5, 0.6) is 0 Å². The van der Waals surface area contributed by atoms with E-state index in [0.717, 1.165) is 24.6 Å². The second-order valence-electron chi connectivity index (χ2n) is 5.93. The Morgan fingerprint density at radius 2 is 2.00 bits per heavy atom. The van der Waals surface area contributed by atoms with E-state index in [4.69, 9.17) is 0 Å². The van der Waals surface area contributed by atoms with E-state index in [0.29, 0.717) is 6.54 Å². The van der Waals surface area contributed by atoms with Gasteiger partial charge in [-0.15, -0.1) is 0 Å². The third-order valence-electron chi connectivity index (χ3n) is 4.55. The topological polar surface area (TPSA) is 40.5 Å². The number of fused-ring (bicyclic) bond motifs is 1. The molecule has 1 aromatic rings. The number of nitrogens with zero attached hydrogens (tertiary/aromatic N) is 1. The molecule has 3 heteroatoms. The van der Waals surface area contributed by atoms with Gasteiger partial charge in [-0.3, -0.25) is 9.69 Å². The SMILES string of the molecule is O=C(O)C1CN(CC2CCCC2)Cc2ccccc21. The van der Waals surface area contributed by atoms with E-state index in [1.807, 2.05) is 18.2 Å². The second-order valence-corrected chi connectivity index (χ2v) is 5.93. The Hall–Kier alpha value is -1.35. The summed E-state index contributed by atoms with van der Waals surface area (Å²) < 4.78 is 0. The number of benzene rings is 1. The molecule has 1 aromatic carbocycles. The molecule has 1 unspecified atom stereocenters. The zero-order valence-electron chi connectivity index (χ0n) is 11.2. The lowest BCUT2D eigenvalue weighted by Crippen LogP contribution is -2.39. The van der Waals surface area contributed by atoms with Crippen molar-refractivity contribution in [3.05, 3.63) is 35.4 Å². The summed E-state index contributed by atoms with van der Waals surface area (Å²) in [6.07, 6.45) is 5.32. The molecule has 1 fully saturated rings. The maximum Gasteiger partial charge on any atom is 0.312 e.